The second-order valence-electron chi connectivity index (χ2n) is 4.56. The van der Waals surface area contributed by atoms with Crippen molar-refractivity contribution in [3.63, 3.8) is 0 Å². The maximum atomic E-state index is 10.9. The van der Waals surface area contributed by atoms with Crippen LogP contribution in [-0.4, -0.2) is 25.4 Å². The Morgan fingerprint density at radius 2 is 1.88 bits per heavy atom. The van der Waals surface area contributed by atoms with Crippen molar-refractivity contribution in [1.29, 1.82) is 0 Å². The Morgan fingerprint density at radius 3 is 2.38 bits per heavy atom. The van der Waals surface area contributed by atoms with Crippen molar-refractivity contribution in [2.24, 2.45) is 0 Å². The smallest absolute Gasteiger partial charge is 0.264 e. The Bertz CT molecular complexity index is 528. The van der Waals surface area contributed by atoms with E-state index in [1.54, 1.807) is 6.07 Å². The molecule has 0 saturated carbocycles. The molecule has 0 aliphatic rings. The van der Waals surface area contributed by atoms with Gasteiger partial charge in [0.25, 0.3) is 5.56 Å². The summed E-state index contributed by atoms with van der Waals surface area (Å²) in [6.45, 7) is 6.12. The lowest BCUT2D eigenvalue weighted by molar-refractivity contribution is 0.548. The average molecular weight is 219 g/mol. The van der Waals surface area contributed by atoms with Crippen molar-refractivity contribution in [3.05, 3.63) is 28.3 Å². The van der Waals surface area contributed by atoms with Gasteiger partial charge in [-0.25, -0.2) is 10.1 Å². The number of hydrogen-bond donors (Lipinski definition) is 2. The van der Waals surface area contributed by atoms with E-state index in [9.17, 15) is 4.79 Å². The molecule has 2 aromatic heterocycles. The predicted molar refractivity (Wildman–Crippen MR) is 58.9 cm³/mol. The zero-order valence-corrected chi connectivity index (χ0v) is 9.40. The van der Waals surface area contributed by atoms with Gasteiger partial charge in [-0.3, -0.25) is 9.89 Å². The van der Waals surface area contributed by atoms with Crippen LogP contribution in [0.2, 0.25) is 0 Å². The van der Waals surface area contributed by atoms with Gasteiger partial charge in [0.2, 0.25) is 5.82 Å². The van der Waals surface area contributed by atoms with Crippen LogP contribution in [0.15, 0.2) is 16.9 Å². The van der Waals surface area contributed by atoms with Crippen LogP contribution in [0.3, 0.4) is 0 Å². The molecule has 0 atom stereocenters. The Labute approximate surface area is 92.1 Å². The van der Waals surface area contributed by atoms with Crippen molar-refractivity contribution < 1.29 is 0 Å². The van der Waals surface area contributed by atoms with Gasteiger partial charge in [-0.15, -0.1) is 0 Å². The molecule has 0 saturated heterocycles. The lowest BCUT2D eigenvalue weighted by Crippen LogP contribution is -2.13. The molecule has 2 N–H and O–H groups in total. The van der Waals surface area contributed by atoms with Crippen molar-refractivity contribution in [2.45, 2.75) is 26.2 Å². The lowest BCUT2D eigenvalue weighted by Gasteiger charge is -2.12. The van der Waals surface area contributed by atoms with Crippen molar-refractivity contribution in [2.75, 3.05) is 0 Å². The van der Waals surface area contributed by atoms with Gasteiger partial charge in [-0.05, 0) is 6.07 Å². The number of aromatic amines is 2. The summed E-state index contributed by atoms with van der Waals surface area (Å²) >= 11 is 0. The second kappa shape index (κ2) is 3.55. The first-order valence-electron chi connectivity index (χ1n) is 4.96. The van der Waals surface area contributed by atoms with Crippen LogP contribution in [0.5, 0.6) is 0 Å². The van der Waals surface area contributed by atoms with Gasteiger partial charge in [0.1, 0.15) is 11.5 Å². The number of hydrogen-bond acceptors (Lipinski definition) is 4. The standard InChI is InChI=1S/C10H13N5O/c1-10(2,3)9-11-8(14-15-9)6-4-5-7(16)13-12-6/h4-5H,1-3H3,(H,13,16)(H,11,14,15). The molecule has 2 aromatic rings. The van der Waals surface area contributed by atoms with E-state index in [4.69, 9.17) is 0 Å². The van der Waals surface area contributed by atoms with Crippen molar-refractivity contribution >= 4 is 0 Å². The predicted octanol–water partition coefficient (Wildman–Crippen LogP) is 0.852. The number of aromatic nitrogens is 5. The molecule has 0 aliphatic heterocycles. The molecule has 0 aromatic carbocycles. The summed E-state index contributed by atoms with van der Waals surface area (Å²) in [5.41, 5.74) is 0.217. The van der Waals surface area contributed by atoms with Gasteiger partial charge in [-0.2, -0.15) is 10.2 Å². The minimum Gasteiger partial charge on any atom is -0.268 e. The minimum atomic E-state index is -0.240. The Morgan fingerprint density at radius 1 is 1.12 bits per heavy atom. The number of nitrogens with one attached hydrogen (secondary N) is 2. The fraction of sp³-hybridized carbons (Fsp3) is 0.400. The number of H-pyrrole nitrogens is 2. The van der Waals surface area contributed by atoms with E-state index in [-0.39, 0.29) is 11.0 Å². The molecule has 0 amide bonds. The fourth-order valence-corrected chi connectivity index (χ4v) is 1.18. The third kappa shape index (κ3) is 2.00. The van der Waals surface area contributed by atoms with Crippen LogP contribution >= 0.6 is 0 Å². The molecule has 16 heavy (non-hydrogen) atoms. The first-order chi connectivity index (χ1) is 7.47. The lowest BCUT2D eigenvalue weighted by atomic mass is 9.96. The van der Waals surface area contributed by atoms with E-state index in [0.717, 1.165) is 5.82 Å². The molecule has 6 nitrogen and oxygen atoms in total. The third-order valence-corrected chi connectivity index (χ3v) is 2.10. The van der Waals surface area contributed by atoms with Gasteiger partial charge < -0.3 is 0 Å². The quantitative estimate of drug-likeness (QED) is 0.744. The van der Waals surface area contributed by atoms with Crippen molar-refractivity contribution in [3.8, 4) is 11.5 Å². The van der Waals surface area contributed by atoms with Gasteiger partial charge in [0, 0.05) is 11.5 Å². The maximum absolute atomic E-state index is 10.9. The highest BCUT2D eigenvalue weighted by Gasteiger charge is 2.19. The first kappa shape index (κ1) is 10.5. The molecule has 0 bridgehead atoms. The summed E-state index contributed by atoms with van der Waals surface area (Å²) in [5.74, 6) is 1.27. The van der Waals surface area contributed by atoms with E-state index in [1.807, 2.05) is 20.8 Å². The maximum Gasteiger partial charge on any atom is 0.264 e. The summed E-state index contributed by atoms with van der Waals surface area (Å²) < 4.78 is 0. The van der Waals surface area contributed by atoms with E-state index in [1.165, 1.54) is 6.07 Å². The topological polar surface area (TPSA) is 87.3 Å². The molecule has 0 fully saturated rings. The van der Waals surface area contributed by atoms with Crippen LogP contribution in [0.25, 0.3) is 11.5 Å². The third-order valence-electron chi connectivity index (χ3n) is 2.10. The summed E-state index contributed by atoms with van der Waals surface area (Å²) in [7, 11) is 0. The molecule has 2 rings (SSSR count). The van der Waals surface area contributed by atoms with Crippen molar-refractivity contribution in [1.82, 2.24) is 25.4 Å². The average Bonchev–Trinajstić information content (AvgIpc) is 2.67. The Kier molecular flexibility index (Phi) is 2.34. The Balaban J connectivity index is 2.39. The minimum absolute atomic E-state index is 0.0898. The molecule has 0 unspecified atom stereocenters. The number of rotatable bonds is 1. The number of nitrogens with zero attached hydrogens (tertiary/aromatic N) is 3. The zero-order chi connectivity index (χ0) is 11.8. The summed E-state index contributed by atoms with van der Waals surface area (Å²) in [5, 5.41) is 13.1. The van der Waals surface area contributed by atoms with E-state index in [0.29, 0.717) is 11.5 Å². The molecule has 0 aliphatic carbocycles. The van der Waals surface area contributed by atoms with Gasteiger partial charge in [-0.1, -0.05) is 20.8 Å². The largest absolute Gasteiger partial charge is 0.268 e. The summed E-state index contributed by atoms with van der Waals surface area (Å²) in [4.78, 5) is 15.2. The monoisotopic (exact) mass is 219 g/mol. The highest BCUT2D eigenvalue weighted by Crippen LogP contribution is 2.19. The van der Waals surface area contributed by atoms with E-state index in [2.05, 4.69) is 25.4 Å². The van der Waals surface area contributed by atoms with Crippen LogP contribution in [0, 0.1) is 0 Å². The van der Waals surface area contributed by atoms with Crippen LogP contribution in [0.1, 0.15) is 26.6 Å². The van der Waals surface area contributed by atoms with Gasteiger partial charge in [0.15, 0.2) is 0 Å². The van der Waals surface area contributed by atoms with Crippen LogP contribution < -0.4 is 5.56 Å². The van der Waals surface area contributed by atoms with Gasteiger partial charge >= 0.3 is 0 Å². The molecular formula is C10H13N5O. The normalized spacial score (nSPS) is 11.7. The first-order valence-corrected chi connectivity index (χ1v) is 4.96. The van der Waals surface area contributed by atoms with E-state index >= 15 is 0 Å². The van der Waals surface area contributed by atoms with Crippen LogP contribution in [0.4, 0.5) is 0 Å². The Hall–Kier alpha value is -1.98. The fourth-order valence-electron chi connectivity index (χ4n) is 1.18. The molecule has 84 valence electrons. The highest BCUT2D eigenvalue weighted by molar-refractivity contribution is 5.46. The SMILES string of the molecule is CC(C)(C)c1nc(-c2ccc(=O)[nH]n2)n[nH]1. The van der Waals surface area contributed by atoms with Gasteiger partial charge in [0.05, 0.1) is 0 Å². The highest BCUT2D eigenvalue weighted by atomic mass is 16.1. The molecule has 2 heterocycles. The summed E-state index contributed by atoms with van der Waals surface area (Å²) in [6, 6.07) is 2.99. The molecule has 6 heteroatoms. The van der Waals surface area contributed by atoms with E-state index < -0.39 is 0 Å². The van der Waals surface area contributed by atoms with Crippen LogP contribution in [-0.2, 0) is 5.41 Å². The second-order valence-corrected chi connectivity index (χ2v) is 4.56. The molecule has 0 radical (unpaired) electrons. The summed E-state index contributed by atoms with van der Waals surface area (Å²) in [6.07, 6.45) is 0. The zero-order valence-electron chi connectivity index (χ0n) is 9.40. The molecule has 0 spiro atoms. The molecular weight excluding hydrogens is 206 g/mol.